The summed E-state index contributed by atoms with van der Waals surface area (Å²) in [5.74, 6) is 1.54. The number of nitrogens with zero attached hydrogens (tertiary/aromatic N) is 9. The second-order valence-corrected chi connectivity index (χ2v) is 15.0. The largest absolute Gasteiger partial charge is 0.487 e. The molecule has 1 N–H and O–H groups in total. The maximum absolute atomic E-state index is 6.48. The van der Waals surface area contributed by atoms with Gasteiger partial charge in [0.2, 0.25) is 5.95 Å². The van der Waals surface area contributed by atoms with E-state index in [9.17, 15) is 0 Å². The number of anilines is 2. The van der Waals surface area contributed by atoms with E-state index in [-0.39, 0.29) is 11.5 Å². The summed E-state index contributed by atoms with van der Waals surface area (Å²) in [4.78, 5) is 12.1. The quantitative estimate of drug-likeness (QED) is 0.175. The third-order valence-corrected chi connectivity index (χ3v) is 10.2. The molecule has 50 heavy (non-hydrogen) atoms. The fraction of sp³-hybridized carbons (Fsp3) is 0.600. The molecule has 14 nitrogen and oxygen atoms in total. The fourth-order valence-electron chi connectivity index (χ4n) is 7.54. The topological polar surface area (TPSA) is 139 Å². The van der Waals surface area contributed by atoms with E-state index < -0.39 is 0 Å². The molecule has 3 fully saturated rings. The highest BCUT2D eigenvalue weighted by atomic mass is 35.5. The van der Waals surface area contributed by atoms with Crippen molar-refractivity contribution >= 4 is 23.2 Å². The molecule has 2 bridgehead atoms. The SMILES string of the molecule is COCC(C)(C)COc1nn([C@H]2CC[C@H](N3[C@@H]4CC[C@H]3COC4)CC2)cc1Nc1ncc(-c2ccc(Cl)c(O[C@@H](C)Cn3cnnn3)c2)cn1. The predicted molar refractivity (Wildman–Crippen MR) is 188 cm³/mol. The second kappa shape index (κ2) is 15.2. The minimum Gasteiger partial charge on any atom is -0.487 e. The van der Waals surface area contributed by atoms with Crippen LogP contribution >= 0.6 is 11.6 Å². The number of benzene rings is 1. The summed E-state index contributed by atoms with van der Waals surface area (Å²) in [7, 11) is 1.71. The molecule has 1 aliphatic carbocycles. The van der Waals surface area contributed by atoms with Gasteiger partial charge in [0.1, 0.15) is 23.9 Å². The summed E-state index contributed by atoms with van der Waals surface area (Å²) < 4.78 is 27.4. The van der Waals surface area contributed by atoms with Gasteiger partial charge in [0, 0.05) is 48.6 Å². The van der Waals surface area contributed by atoms with Crippen LogP contribution in [0.5, 0.6) is 11.6 Å². The Labute approximate surface area is 297 Å². The second-order valence-electron chi connectivity index (χ2n) is 14.6. The van der Waals surface area contributed by atoms with Crippen molar-refractivity contribution < 1.29 is 18.9 Å². The lowest BCUT2D eigenvalue weighted by atomic mass is 9.89. The molecule has 7 rings (SSSR count). The molecule has 15 heteroatoms. The van der Waals surface area contributed by atoms with Gasteiger partial charge in [-0.3, -0.25) is 9.58 Å². The number of tetrazole rings is 1. The van der Waals surface area contributed by atoms with Crippen molar-refractivity contribution in [3.8, 4) is 22.8 Å². The normalized spacial score (nSPS) is 23.1. The van der Waals surface area contributed by atoms with Gasteiger partial charge in [0.05, 0.1) is 50.2 Å². The van der Waals surface area contributed by atoms with E-state index in [0.29, 0.717) is 66.5 Å². The summed E-state index contributed by atoms with van der Waals surface area (Å²) >= 11 is 6.48. The predicted octanol–water partition coefficient (Wildman–Crippen LogP) is 5.59. The number of aromatic nitrogens is 8. The van der Waals surface area contributed by atoms with Crippen molar-refractivity contribution in [3.63, 3.8) is 0 Å². The number of hydrogen-bond acceptors (Lipinski definition) is 12. The number of halogens is 1. The highest BCUT2D eigenvalue weighted by Crippen LogP contribution is 2.40. The molecule has 3 atom stereocenters. The molecule has 1 saturated carbocycles. The van der Waals surface area contributed by atoms with Gasteiger partial charge in [-0.25, -0.2) is 14.6 Å². The summed E-state index contributed by atoms with van der Waals surface area (Å²) in [5, 5.41) is 20.1. The molecule has 0 amide bonds. The zero-order chi connectivity index (χ0) is 34.7. The van der Waals surface area contributed by atoms with Crippen molar-refractivity contribution in [1.82, 2.24) is 44.9 Å². The number of nitrogens with one attached hydrogen (secondary N) is 1. The van der Waals surface area contributed by atoms with Crippen molar-refractivity contribution in [3.05, 3.63) is 48.1 Å². The summed E-state index contributed by atoms with van der Waals surface area (Å²) in [5.41, 5.74) is 2.25. The van der Waals surface area contributed by atoms with Gasteiger partial charge in [0.15, 0.2) is 0 Å². The van der Waals surface area contributed by atoms with E-state index in [1.165, 1.54) is 12.8 Å². The molecule has 5 heterocycles. The molecule has 2 saturated heterocycles. The molecule has 3 aliphatic rings. The lowest BCUT2D eigenvalue weighted by Crippen LogP contribution is -2.52. The van der Waals surface area contributed by atoms with E-state index in [4.69, 9.17) is 35.6 Å². The molecule has 0 spiro atoms. The molecule has 1 aromatic carbocycles. The maximum Gasteiger partial charge on any atom is 0.256 e. The van der Waals surface area contributed by atoms with Crippen LogP contribution in [0.1, 0.15) is 65.3 Å². The zero-order valence-corrected chi connectivity index (χ0v) is 30.0. The zero-order valence-electron chi connectivity index (χ0n) is 29.2. The van der Waals surface area contributed by atoms with E-state index in [1.54, 1.807) is 30.5 Å². The molecule has 0 unspecified atom stereocenters. The standard InChI is InChI=1S/C35H47ClN10O4/c1-23(16-44-22-39-42-43-44)50-32-13-24(5-12-30(32)36)25-14-37-34(38-15-25)40-31-17-45(41-33(31)49-21-35(2,3)20-47-4)26-6-8-27(9-7-26)46-28-10-11-29(46)19-48-18-28/h5,12-15,17,22-23,26-29H,6-11,16,18-21H2,1-4H3,(H,37,38,40)/t23-,26-,27-,28-,29+/m0/s1. The molecule has 0 radical (unpaired) electrons. The average Bonchev–Trinajstić information content (AvgIpc) is 3.83. The highest BCUT2D eigenvalue weighted by Gasteiger charge is 2.42. The summed E-state index contributed by atoms with van der Waals surface area (Å²) in [6.45, 7) is 9.44. The van der Waals surface area contributed by atoms with Crippen molar-refractivity contribution in [1.29, 1.82) is 0 Å². The van der Waals surface area contributed by atoms with E-state index in [1.807, 2.05) is 31.3 Å². The Hall–Kier alpha value is -3.85. The lowest BCUT2D eigenvalue weighted by Gasteiger charge is -2.43. The van der Waals surface area contributed by atoms with Gasteiger partial charge in [0.25, 0.3) is 5.88 Å². The fourth-order valence-corrected chi connectivity index (χ4v) is 7.71. The van der Waals surface area contributed by atoms with E-state index in [0.717, 1.165) is 55.7 Å². The number of morpholine rings is 1. The lowest BCUT2D eigenvalue weighted by molar-refractivity contribution is -0.0458. The minimum absolute atomic E-state index is 0.184. The van der Waals surface area contributed by atoms with Crippen LogP contribution in [-0.2, 0) is 16.0 Å². The number of methoxy groups -OCH3 is 1. The number of hydrogen-bond donors (Lipinski definition) is 1. The first-order valence-electron chi connectivity index (χ1n) is 17.6. The van der Waals surface area contributed by atoms with Gasteiger partial charge in [-0.2, -0.15) is 0 Å². The van der Waals surface area contributed by atoms with Crippen molar-refractivity contribution in [2.24, 2.45) is 5.41 Å². The van der Waals surface area contributed by atoms with Crippen molar-refractivity contribution in [2.75, 3.05) is 38.9 Å². The van der Waals surface area contributed by atoms with Crippen LogP contribution in [-0.4, -0.2) is 103 Å². The highest BCUT2D eigenvalue weighted by molar-refractivity contribution is 6.32. The first-order chi connectivity index (χ1) is 24.2. The van der Waals surface area contributed by atoms with Crippen LogP contribution in [0, 0.1) is 5.41 Å². The average molecular weight is 707 g/mol. The number of ether oxygens (including phenoxy) is 4. The molecular weight excluding hydrogens is 660 g/mol. The van der Waals surface area contributed by atoms with Crippen molar-refractivity contribution in [2.45, 2.75) is 96.1 Å². The van der Waals surface area contributed by atoms with Crippen LogP contribution in [0.3, 0.4) is 0 Å². The minimum atomic E-state index is -0.207. The first kappa shape index (κ1) is 34.6. The van der Waals surface area contributed by atoms with Gasteiger partial charge < -0.3 is 24.3 Å². The number of fused-ring (bicyclic) bond motifs is 2. The molecular formula is C35H47ClN10O4. The van der Waals surface area contributed by atoms with Crippen LogP contribution in [0.25, 0.3) is 11.1 Å². The van der Waals surface area contributed by atoms with Gasteiger partial charge in [-0.05, 0) is 73.6 Å². The number of rotatable bonds is 14. The Morgan fingerprint density at radius 3 is 2.40 bits per heavy atom. The van der Waals surface area contributed by atoms with Gasteiger partial charge >= 0.3 is 0 Å². The molecule has 2 aliphatic heterocycles. The molecule has 4 aromatic rings. The first-order valence-corrected chi connectivity index (χ1v) is 17.9. The van der Waals surface area contributed by atoms with E-state index in [2.05, 4.69) is 54.2 Å². The third-order valence-electron chi connectivity index (χ3n) is 9.92. The third kappa shape index (κ3) is 8.03. The molecule has 268 valence electrons. The van der Waals surface area contributed by atoms with Crippen LogP contribution in [0.4, 0.5) is 11.6 Å². The van der Waals surface area contributed by atoms with Gasteiger partial charge in [-0.1, -0.05) is 31.5 Å². The van der Waals surface area contributed by atoms with Crippen LogP contribution in [0.2, 0.25) is 5.02 Å². The van der Waals surface area contributed by atoms with Gasteiger partial charge in [-0.15, -0.1) is 10.2 Å². The monoisotopic (exact) mass is 706 g/mol. The van der Waals surface area contributed by atoms with Crippen LogP contribution in [0.15, 0.2) is 43.1 Å². The Bertz CT molecular complexity index is 1680. The molecule has 3 aromatic heterocycles. The smallest absolute Gasteiger partial charge is 0.256 e. The Balaban J connectivity index is 1.04. The van der Waals surface area contributed by atoms with E-state index >= 15 is 0 Å². The Morgan fingerprint density at radius 1 is 0.980 bits per heavy atom. The summed E-state index contributed by atoms with van der Waals surface area (Å²) in [6.07, 6.45) is 13.9. The Kier molecular flexibility index (Phi) is 10.5. The maximum atomic E-state index is 6.48. The summed E-state index contributed by atoms with van der Waals surface area (Å²) in [6, 6.07) is 7.72. The Morgan fingerprint density at radius 2 is 1.70 bits per heavy atom. The van der Waals surface area contributed by atoms with Crippen LogP contribution < -0.4 is 14.8 Å².